The molecule has 0 bridgehead atoms. The third kappa shape index (κ3) is 2.26. The van der Waals surface area contributed by atoms with Crippen molar-refractivity contribution in [1.82, 2.24) is 14.5 Å². The minimum absolute atomic E-state index is 0.273. The van der Waals surface area contributed by atoms with Crippen molar-refractivity contribution in [3.63, 3.8) is 0 Å². The van der Waals surface area contributed by atoms with Gasteiger partial charge in [-0.2, -0.15) is 0 Å². The second-order valence-corrected chi connectivity index (χ2v) is 5.13. The average molecular weight is 293 g/mol. The molecule has 0 atom stereocenters. The van der Waals surface area contributed by atoms with Crippen LogP contribution in [-0.2, 0) is 0 Å². The highest BCUT2D eigenvalue weighted by Crippen LogP contribution is 2.17. The fourth-order valence-electron chi connectivity index (χ4n) is 2.31. The van der Waals surface area contributed by atoms with E-state index in [2.05, 4.69) is 4.98 Å². The van der Waals surface area contributed by atoms with Crippen LogP contribution in [-0.4, -0.2) is 34.6 Å². The highest BCUT2D eigenvalue weighted by atomic mass is 16.2. The highest BCUT2D eigenvalue weighted by molar-refractivity contribution is 5.89. The van der Waals surface area contributed by atoms with Gasteiger partial charge < -0.3 is 4.90 Å². The fourth-order valence-corrected chi connectivity index (χ4v) is 2.31. The number of hydrogen-bond donors (Lipinski definition) is 0. The van der Waals surface area contributed by atoms with Crippen LogP contribution in [0.2, 0.25) is 0 Å². The lowest BCUT2D eigenvalue weighted by atomic mass is 10.1. The van der Waals surface area contributed by atoms with Gasteiger partial charge in [0.2, 0.25) is 0 Å². The summed E-state index contributed by atoms with van der Waals surface area (Å²) in [5.74, 6) is 0. The van der Waals surface area contributed by atoms with E-state index in [0.717, 1.165) is 0 Å². The van der Waals surface area contributed by atoms with Gasteiger partial charge in [-0.15, -0.1) is 0 Å². The minimum atomic E-state index is -0.413. The molecular weight excluding hydrogens is 278 g/mol. The van der Waals surface area contributed by atoms with E-state index < -0.39 is 5.56 Å². The van der Waals surface area contributed by atoms with E-state index in [1.54, 1.807) is 32.3 Å². The number of fused-ring (bicyclic) bond motifs is 1. The Morgan fingerprint density at radius 3 is 2.32 bits per heavy atom. The Morgan fingerprint density at radius 1 is 1.00 bits per heavy atom. The van der Waals surface area contributed by atoms with Crippen LogP contribution in [0.4, 0.5) is 4.79 Å². The van der Waals surface area contributed by atoms with E-state index in [0.29, 0.717) is 16.6 Å². The molecule has 1 heterocycles. The monoisotopic (exact) mass is 293 g/mol. The molecule has 5 nitrogen and oxygen atoms in total. The number of para-hydroxylation sites is 2. The third-order valence-electron chi connectivity index (χ3n) is 3.38. The first-order chi connectivity index (χ1) is 10.6. The number of aromatic nitrogens is 2. The molecule has 0 saturated carbocycles. The predicted molar refractivity (Wildman–Crippen MR) is 85.9 cm³/mol. The highest BCUT2D eigenvalue weighted by Gasteiger charge is 2.18. The number of carbonyl (C=O) groups is 1. The predicted octanol–water partition coefficient (Wildman–Crippen LogP) is 2.59. The standard InChI is InChI=1S/C17H15N3O2/c1-19(2)17(22)20-14-11-7-6-10-13(14)18-15(16(20)21)12-8-4-3-5-9-12/h3-11H,1-2H3. The summed E-state index contributed by atoms with van der Waals surface area (Å²) in [6.07, 6.45) is 0. The summed E-state index contributed by atoms with van der Waals surface area (Å²) in [5, 5.41) is 0. The molecule has 0 saturated heterocycles. The Labute approximate surface area is 127 Å². The van der Waals surface area contributed by atoms with Crippen LogP contribution in [0, 0.1) is 0 Å². The van der Waals surface area contributed by atoms with Crippen molar-refractivity contribution in [1.29, 1.82) is 0 Å². The molecule has 0 fully saturated rings. The van der Waals surface area contributed by atoms with E-state index >= 15 is 0 Å². The number of amides is 1. The zero-order chi connectivity index (χ0) is 15.7. The SMILES string of the molecule is CN(C)C(=O)n1c(=O)c(-c2ccccc2)nc2ccccc21. The van der Waals surface area contributed by atoms with Crippen LogP contribution in [0.25, 0.3) is 22.3 Å². The third-order valence-corrected chi connectivity index (χ3v) is 3.38. The first-order valence-electron chi connectivity index (χ1n) is 6.88. The maximum atomic E-state index is 12.8. The van der Waals surface area contributed by atoms with Gasteiger partial charge in [0.1, 0.15) is 5.69 Å². The van der Waals surface area contributed by atoms with Crippen molar-refractivity contribution in [2.75, 3.05) is 14.1 Å². The van der Waals surface area contributed by atoms with Crippen LogP contribution in [0.3, 0.4) is 0 Å². The number of carbonyl (C=O) groups excluding carboxylic acids is 1. The van der Waals surface area contributed by atoms with Crippen LogP contribution in [0.15, 0.2) is 59.4 Å². The number of hydrogen-bond acceptors (Lipinski definition) is 3. The lowest BCUT2D eigenvalue weighted by Crippen LogP contribution is -2.36. The van der Waals surface area contributed by atoms with E-state index in [9.17, 15) is 9.59 Å². The Hall–Kier alpha value is -2.95. The van der Waals surface area contributed by atoms with Gasteiger partial charge in [-0.1, -0.05) is 42.5 Å². The van der Waals surface area contributed by atoms with Gasteiger partial charge in [0, 0.05) is 19.7 Å². The van der Waals surface area contributed by atoms with E-state index in [4.69, 9.17) is 0 Å². The molecule has 2 aromatic carbocycles. The molecule has 1 aromatic heterocycles. The van der Waals surface area contributed by atoms with Crippen LogP contribution in [0.5, 0.6) is 0 Å². The van der Waals surface area contributed by atoms with Crippen molar-refractivity contribution in [2.45, 2.75) is 0 Å². The van der Waals surface area contributed by atoms with Crippen molar-refractivity contribution in [3.8, 4) is 11.3 Å². The zero-order valence-corrected chi connectivity index (χ0v) is 12.4. The Bertz CT molecular complexity index is 899. The summed E-state index contributed by atoms with van der Waals surface area (Å²) < 4.78 is 1.17. The van der Waals surface area contributed by atoms with Gasteiger partial charge in [-0.05, 0) is 12.1 Å². The molecule has 22 heavy (non-hydrogen) atoms. The summed E-state index contributed by atoms with van der Waals surface area (Å²) in [5.41, 5.74) is 1.67. The van der Waals surface area contributed by atoms with Gasteiger partial charge in [-0.3, -0.25) is 4.79 Å². The largest absolute Gasteiger partial charge is 0.331 e. The summed E-state index contributed by atoms with van der Waals surface area (Å²) in [6.45, 7) is 0. The van der Waals surface area contributed by atoms with Gasteiger partial charge in [0.25, 0.3) is 5.56 Å². The molecule has 1 amide bonds. The smallest absolute Gasteiger partial charge is 0.330 e. The molecule has 3 aromatic rings. The van der Waals surface area contributed by atoms with Gasteiger partial charge >= 0.3 is 6.03 Å². The summed E-state index contributed by atoms with van der Waals surface area (Å²) in [6, 6.07) is 15.9. The van der Waals surface area contributed by atoms with E-state index in [1.807, 2.05) is 36.4 Å². The van der Waals surface area contributed by atoms with Gasteiger partial charge in [-0.25, -0.2) is 14.3 Å². The molecule has 3 rings (SSSR count). The number of benzene rings is 2. The molecule has 0 spiro atoms. The quantitative estimate of drug-likeness (QED) is 0.693. The molecule has 0 unspecified atom stereocenters. The molecular formula is C17H15N3O2. The number of rotatable bonds is 1. The topological polar surface area (TPSA) is 55.2 Å². The van der Waals surface area contributed by atoms with Gasteiger partial charge in [0.05, 0.1) is 11.0 Å². The van der Waals surface area contributed by atoms with Crippen molar-refractivity contribution < 1.29 is 4.79 Å². The normalized spacial score (nSPS) is 10.6. The molecule has 0 N–H and O–H groups in total. The maximum absolute atomic E-state index is 12.8. The van der Waals surface area contributed by atoms with Gasteiger partial charge in [0.15, 0.2) is 0 Å². The first-order valence-corrected chi connectivity index (χ1v) is 6.88. The maximum Gasteiger partial charge on any atom is 0.331 e. The van der Waals surface area contributed by atoms with Crippen LogP contribution < -0.4 is 5.56 Å². The molecule has 5 heteroatoms. The van der Waals surface area contributed by atoms with Crippen molar-refractivity contribution in [3.05, 3.63) is 65.0 Å². The van der Waals surface area contributed by atoms with Crippen LogP contribution >= 0.6 is 0 Å². The van der Waals surface area contributed by atoms with E-state index in [-0.39, 0.29) is 11.7 Å². The molecule has 0 aliphatic carbocycles. The second-order valence-electron chi connectivity index (χ2n) is 5.13. The molecule has 0 aliphatic heterocycles. The minimum Gasteiger partial charge on any atom is -0.330 e. The van der Waals surface area contributed by atoms with Crippen molar-refractivity contribution in [2.24, 2.45) is 0 Å². The summed E-state index contributed by atoms with van der Waals surface area (Å²) in [7, 11) is 3.23. The molecule has 0 radical (unpaired) electrons. The second kappa shape index (κ2) is 5.44. The van der Waals surface area contributed by atoms with E-state index in [1.165, 1.54) is 9.47 Å². The molecule has 0 aliphatic rings. The first kappa shape index (κ1) is 14.0. The zero-order valence-electron chi connectivity index (χ0n) is 12.4. The summed E-state index contributed by atoms with van der Waals surface area (Å²) >= 11 is 0. The number of nitrogens with zero attached hydrogens (tertiary/aromatic N) is 3. The fraction of sp³-hybridized carbons (Fsp3) is 0.118. The van der Waals surface area contributed by atoms with Crippen LogP contribution in [0.1, 0.15) is 0 Å². The average Bonchev–Trinajstić information content (AvgIpc) is 2.54. The van der Waals surface area contributed by atoms with Crippen molar-refractivity contribution >= 4 is 17.1 Å². The Balaban J connectivity index is 2.40. The molecule has 110 valence electrons. The summed E-state index contributed by atoms with van der Waals surface area (Å²) in [4.78, 5) is 31.0. The Kier molecular flexibility index (Phi) is 3.47. The lowest BCUT2D eigenvalue weighted by Gasteiger charge is -2.15. The lowest BCUT2D eigenvalue weighted by molar-refractivity contribution is 0.219. The Morgan fingerprint density at radius 2 is 1.64 bits per heavy atom.